The van der Waals surface area contributed by atoms with Gasteiger partial charge in [-0.25, -0.2) is 4.98 Å². The van der Waals surface area contributed by atoms with Crippen LogP contribution in [0.1, 0.15) is 38.5 Å². The molecule has 0 atom stereocenters. The molecule has 1 fully saturated rings. The van der Waals surface area contributed by atoms with Crippen LogP contribution >= 0.6 is 0 Å². The number of aldehydes is 1. The molecule has 4 aromatic rings. The molecule has 6 nitrogen and oxygen atoms in total. The number of hydrogen-bond acceptors (Lipinski definition) is 5. The van der Waals surface area contributed by atoms with Gasteiger partial charge in [0, 0.05) is 73.7 Å². The molecule has 0 amide bonds. The highest BCUT2D eigenvalue weighted by molar-refractivity contribution is 6.08. The number of aromatic nitrogens is 3. The quantitative estimate of drug-likeness (QED) is 0.256. The van der Waals surface area contributed by atoms with Crippen molar-refractivity contribution in [3.05, 3.63) is 55.0 Å². The maximum absolute atomic E-state index is 9.73. The number of carbonyl (C=O) groups excluding carboxylic acids is 1. The van der Waals surface area contributed by atoms with E-state index in [9.17, 15) is 4.79 Å². The zero-order valence-electron chi connectivity index (χ0n) is 19.4. The highest BCUT2D eigenvalue weighted by Crippen LogP contribution is 2.31. The number of benzene rings is 1. The van der Waals surface area contributed by atoms with E-state index in [-0.39, 0.29) is 0 Å². The van der Waals surface area contributed by atoms with Crippen LogP contribution in [0.5, 0.6) is 5.88 Å². The number of nitrogens with zero attached hydrogens (tertiary/aromatic N) is 3. The first-order chi connectivity index (χ1) is 16.2. The van der Waals surface area contributed by atoms with E-state index in [0.717, 1.165) is 55.6 Å². The number of pyridine rings is 2. The van der Waals surface area contributed by atoms with Gasteiger partial charge in [0.05, 0.1) is 5.52 Å². The molecule has 172 valence electrons. The van der Waals surface area contributed by atoms with Crippen molar-refractivity contribution in [1.82, 2.24) is 14.5 Å². The molecule has 3 aromatic heterocycles. The van der Waals surface area contributed by atoms with Crippen molar-refractivity contribution in [2.45, 2.75) is 44.6 Å². The van der Waals surface area contributed by atoms with Crippen molar-refractivity contribution in [3.63, 3.8) is 0 Å². The van der Waals surface area contributed by atoms with Crippen LogP contribution in [0.3, 0.4) is 0 Å². The molecular weight excluding hydrogens is 414 g/mol. The summed E-state index contributed by atoms with van der Waals surface area (Å²) in [6, 6.07) is 12.7. The molecular formula is C27H31N3O3. The molecule has 6 heteroatoms. The van der Waals surface area contributed by atoms with E-state index in [1.807, 2.05) is 24.7 Å². The van der Waals surface area contributed by atoms with Crippen LogP contribution < -0.4 is 4.74 Å². The minimum atomic E-state index is 0.360. The Hall–Kier alpha value is -3.25. The van der Waals surface area contributed by atoms with Gasteiger partial charge in [0.2, 0.25) is 5.88 Å². The lowest BCUT2D eigenvalue weighted by atomic mass is 9.96. The maximum atomic E-state index is 9.73. The second kappa shape index (κ2) is 11.1. The Labute approximate surface area is 194 Å². The average molecular weight is 446 g/mol. The summed E-state index contributed by atoms with van der Waals surface area (Å²) in [5.41, 5.74) is 4.67. The highest BCUT2D eigenvalue weighted by Gasteiger charge is 2.19. The van der Waals surface area contributed by atoms with E-state index in [1.54, 1.807) is 7.11 Å². The van der Waals surface area contributed by atoms with Gasteiger partial charge in [-0.2, -0.15) is 0 Å². The number of rotatable bonds is 8. The van der Waals surface area contributed by atoms with Gasteiger partial charge in [-0.1, -0.05) is 12.1 Å². The molecule has 1 saturated carbocycles. The van der Waals surface area contributed by atoms with E-state index in [1.165, 1.54) is 28.2 Å². The Bertz CT molecular complexity index is 1200. The van der Waals surface area contributed by atoms with Crippen LogP contribution in [0.2, 0.25) is 0 Å². The Morgan fingerprint density at radius 1 is 1.03 bits per heavy atom. The van der Waals surface area contributed by atoms with Crippen molar-refractivity contribution in [3.8, 4) is 17.0 Å². The number of methoxy groups -OCH3 is 1. The van der Waals surface area contributed by atoms with Crippen molar-refractivity contribution >= 4 is 28.1 Å². The lowest BCUT2D eigenvalue weighted by Crippen LogP contribution is -2.24. The van der Waals surface area contributed by atoms with Gasteiger partial charge < -0.3 is 18.8 Å². The largest absolute Gasteiger partial charge is 0.474 e. The first-order valence-corrected chi connectivity index (χ1v) is 11.6. The average Bonchev–Trinajstić information content (AvgIpc) is 3.12. The Morgan fingerprint density at radius 2 is 1.88 bits per heavy atom. The summed E-state index contributed by atoms with van der Waals surface area (Å²) in [5.74, 6) is 0.727. The number of carbonyl (C=O) groups is 1. The third-order valence-corrected chi connectivity index (χ3v) is 6.14. The molecule has 1 aromatic carbocycles. The van der Waals surface area contributed by atoms with E-state index < -0.39 is 0 Å². The smallest absolute Gasteiger partial charge is 0.213 e. The third kappa shape index (κ3) is 5.40. The lowest BCUT2D eigenvalue weighted by molar-refractivity contribution is -0.107. The second-order valence-corrected chi connectivity index (χ2v) is 8.39. The highest BCUT2D eigenvalue weighted by atomic mass is 16.5. The van der Waals surface area contributed by atoms with Crippen LogP contribution in [0.25, 0.3) is 32.9 Å². The minimum absolute atomic E-state index is 0.360. The van der Waals surface area contributed by atoms with Gasteiger partial charge >= 0.3 is 0 Å². The summed E-state index contributed by atoms with van der Waals surface area (Å²) >= 11 is 0. The van der Waals surface area contributed by atoms with Crippen LogP contribution in [0.4, 0.5) is 0 Å². The molecule has 5 rings (SSSR count). The summed E-state index contributed by atoms with van der Waals surface area (Å²) in [4.78, 5) is 18.5. The predicted octanol–water partition coefficient (Wildman–Crippen LogP) is 5.72. The summed E-state index contributed by atoms with van der Waals surface area (Å²) in [6.45, 7) is 0.772. The first kappa shape index (κ1) is 22.9. The number of fused-ring (bicyclic) bond motifs is 3. The molecule has 0 bridgehead atoms. The summed E-state index contributed by atoms with van der Waals surface area (Å²) in [6.07, 6.45) is 13.2. The Morgan fingerprint density at radius 3 is 2.58 bits per heavy atom. The van der Waals surface area contributed by atoms with Gasteiger partial charge in [-0.05, 0) is 55.9 Å². The van der Waals surface area contributed by atoms with Gasteiger partial charge in [0.25, 0.3) is 0 Å². The number of unbranched alkanes of at least 4 members (excludes halogenated alkanes) is 2. The lowest BCUT2D eigenvalue weighted by Gasteiger charge is -2.25. The molecule has 0 spiro atoms. The third-order valence-electron chi connectivity index (χ3n) is 6.14. The number of hydrogen-bond donors (Lipinski definition) is 0. The van der Waals surface area contributed by atoms with Gasteiger partial charge in [0.1, 0.15) is 12.4 Å². The Kier molecular flexibility index (Phi) is 7.68. The zero-order valence-corrected chi connectivity index (χ0v) is 19.4. The molecule has 0 unspecified atom stereocenters. The van der Waals surface area contributed by atoms with E-state index in [2.05, 4.69) is 51.9 Å². The molecule has 0 aliphatic heterocycles. The van der Waals surface area contributed by atoms with Crippen LogP contribution in [-0.2, 0) is 16.6 Å². The molecule has 0 radical (unpaired) electrons. The Balaban J connectivity index is 0.000000281. The van der Waals surface area contributed by atoms with Crippen LogP contribution in [-0.4, -0.2) is 40.6 Å². The fourth-order valence-electron chi connectivity index (χ4n) is 3.99. The monoisotopic (exact) mass is 445 g/mol. The molecule has 0 saturated heterocycles. The zero-order chi connectivity index (χ0) is 23.0. The first-order valence-electron chi connectivity index (χ1n) is 11.6. The van der Waals surface area contributed by atoms with Crippen molar-refractivity contribution < 1.29 is 14.3 Å². The second-order valence-electron chi connectivity index (χ2n) is 8.39. The van der Waals surface area contributed by atoms with Gasteiger partial charge in [-0.15, -0.1) is 0 Å². The van der Waals surface area contributed by atoms with Gasteiger partial charge in [-0.3, -0.25) is 4.98 Å². The predicted molar refractivity (Wildman–Crippen MR) is 132 cm³/mol. The molecule has 1 aliphatic rings. The van der Waals surface area contributed by atoms with E-state index in [4.69, 9.17) is 9.47 Å². The fraction of sp³-hybridized carbons (Fsp3) is 0.370. The van der Waals surface area contributed by atoms with Gasteiger partial charge in [0.15, 0.2) is 0 Å². The van der Waals surface area contributed by atoms with Crippen molar-refractivity contribution in [1.29, 1.82) is 0 Å². The summed E-state index contributed by atoms with van der Waals surface area (Å²) < 4.78 is 12.8. The van der Waals surface area contributed by atoms with E-state index >= 15 is 0 Å². The number of aryl methyl sites for hydroxylation is 1. The summed E-state index contributed by atoms with van der Waals surface area (Å²) in [7, 11) is 3.77. The van der Waals surface area contributed by atoms with Crippen LogP contribution in [0, 0.1) is 0 Å². The van der Waals surface area contributed by atoms with E-state index in [0.29, 0.717) is 12.5 Å². The number of ether oxygens (including phenoxy) is 2. The standard InChI is InChI=1S/C21H19N3O.C6H12O2/c1-24-19-9-10-22-13-18(19)17-7-5-14(11-20(17)24)15-6-8-21(23-12-15)25-16-3-2-4-16;1-8-6-4-2-3-5-7/h5-13,16H,2-4H2,1H3;5H,2-4,6H2,1H3. The molecule has 3 heterocycles. The topological polar surface area (TPSA) is 66.2 Å². The van der Waals surface area contributed by atoms with Crippen molar-refractivity contribution in [2.75, 3.05) is 13.7 Å². The van der Waals surface area contributed by atoms with Crippen molar-refractivity contribution in [2.24, 2.45) is 7.05 Å². The normalized spacial score (nSPS) is 13.4. The molecule has 1 aliphatic carbocycles. The molecule has 33 heavy (non-hydrogen) atoms. The fourth-order valence-corrected chi connectivity index (χ4v) is 3.99. The SMILES string of the molecule is COCCCCC=O.Cn1c2ccncc2c2ccc(-c3ccc(OC4CCC4)nc3)cc21. The maximum Gasteiger partial charge on any atom is 0.213 e. The summed E-state index contributed by atoms with van der Waals surface area (Å²) in [5, 5.41) is 2.42. The van der Waals surface area contributed by atoms with Crippen LogP contribution in [0.15, 0.2) is 55.0 Å². The minimum Gasteiger partial charge on any atom is -0.474 e. The molecule has 0 N–H and O–H groups in total.